The van der Waals surface area contributed by atoms with E-state index in [4.69, 9.17) is 19.9 Å². The Morgan fingerprint density at radius 2 is 0.495 bits per heavy atom. The molecule has 0 saturated carbocycles. The number of aromatic nitrogens is 4. The van der Waals surface area contributed by atoms with Gasteiger partial charge in [-0.15, -0.1) is 0 Å². The maximum atomic E-state index is 5.10. The topological polar surface area (TPSA) is 58.0 Å². The minimum atomic E-state index is -0.526. The first kappa shape index (κ1) is 58.5. The summed E-state index contributed by atoms with van der Waals surface area (Å²) >= 11 is 0. The number of fused-ring (bicyclic) bond motifs is 20. The molecule has 4 aliphatic rings. The number of pyridine rings is 4. The molecule has 476 valence electrons. The summed E-state index contributed by atoms with van der Waals surface area (Å²) in [5, 5.41) is 8.79. The van der Waals surface area contributed by atoms with Gasteiger partial charge in [0.05, 0.1) is 5.41 Å². The Morgan fingerprint density at radius 1 is 0.238 bits per heavy atom. The molecule has 20 rings (SSSR count). The Bertz CT molecular complexity index is 5710. The largest absolute Gasteiger partial charge is 0.278 e. The smallest absolute Gasteiger partial charge is 0.146 e. The zero-order chi connectivity index (χ0) is 67.3. The van der Waals surface area contributed by atoms with Crippen LogP contribution in [-0.4, -0.2) is 19.9 Å². The molecule has 1 spiro atoms. The van der Waals surface area contributed by atoms with Crippen molar-refractivity contribution in [3.05, 3.63) is 371 Å². The normalized spacial score (nSPS) is 14.3. The zero-order valence-electron chi connectivity index (χ0n) is 56.4. The lowest BCUT2D eigenvalue weighted by atomic mass is 9.70. The number of nitrogens with zero attached hydrogens (tertiary/aromatic N) is 6. The van der Waals surface area contributed by atoms with Gasteiger partial charge in [0, 0.05) is 68.5 Å². The van der Waals surface area contributed by atoms with E-state index in [1.807, 2.05) is 24.8 Å². The molecule has 0 fully saturated rings. The number of anilines is 6. The highest BCUT2D eigenvalue weighted by atomic mass is 15.2. The van der Waals surface area contributed by atoms with Crippen LogP contribution in [0.4, 0.5) is 34.6 Å². The van der Waals surface area contributed by atoms with Crippen molar-refractivity contribution in [3.63, 3.8) is 0 Å². The van der Waals surface area contributed by atoms with Crippen molar-refractivity contribution in [1.29, 1.82) is 0 Å². The van der Waals surface area contributed by atoms with Gasteiger partial charge in [-0.25, -0.2) is 19.9 Å². The first-order valence-electron chi connectivity index (χ1n) is 35.0. The van der Waals surface area contributed by atoms with Gasteiger partial charge in [-0.05, 0) is 193 Å². The quantitative estimate of drug-likeness (QED) is 0.127. The second-order valence-electron chi connectivity index (χ2n) is 28.5. The Kier molecular flexibility index (Phi) is 12.9. The van der Waals surface area contributed by atoms with E-state index in [2.05, 4.69) is 341 Å². The fraction of sp³-hybridized carbons (Fsp3) is 0.0737. The third-order valence-corrected chi connectivity index (χ3v) is 22.4. The van der Waals surface area contributed by atoms with Crippen molar-refractivity contribution in [2.75, 3.05) is 9.80 Å². The molecule has 4 heterocycles. The number of rotatable bonds is 10. The Morgan fingerprint density at radius 3 is 0.832 bits per heavy atom. The molecule has 4 aromatic heterocycles. The lowest BCUT2D eigenvalue weighted by Gasteiger charge is -2.30. The van der Waals surface area contributed by atoms with Crippen molar-refractivity contribution in [2.24, 2.45) is 0 Å². The monoisotopic (exact) mass is 1290 g/mol. The molecule has 0 amide bonds. The summed E-state index contributed by atoms with van der Waals surface area (Å²) in [5.41, 5.74) is 26.2. The number of hydrogen-bond donors (Lipinski definition) is 0. The van der Waals surface area contributed by atoms with E-state index in [0.29, 0.717) is 0 Å². The Balaban J connectivity index is 0.627. The minimum Gasteiger partial charge on any atom is -0.278 e. The van der Waals surface area contributed by atoms with E-state index in [-0.39, 0.29) is 10.8 Å². The molecule has 0 saturated heterocycles. The van der Waals surface area contributed by atoms with Crippen LogP contribution in [0.2, 0.25) is 0 Å². The molecule has 101 heavy (non-hydrogen) atoms. The van der Waals surface area contributed by atoms with E-state index in [0.717, 1.165) is 100.0 Å². The highest BCUT2D eigenvalue weighted by molar-refractivity contribution is 6.05. The molecular formula is C95H66N6. The average Bonchev–Trinajstić information content (AvgIpc) is 1.51. The molecule has 0 atom stereocenters. The molecule has 0 radical (unpaired) electrons. The Hall–Kier alpha value is -12.6. The fourth-order valence-corrected chi connectivity index (χ4v) is 17.6. The summed E-state index contributed by atoms with van der Waals surface area (Å²) in [5.74, 6) is 3.40. The van der Waals surface area contributed by atoms with Gasteiger partial charge in [0.15, 0.2) is 0 Å². The van der Waals surface area contributed by atoms with Gasteiger partial charge >= 0.3 is 0 Å². The lowest BCUT2D eigenvalue weighted by Crippen LogP contribution is -2.26. The standard InChI is InChI=1S/C95H66N6/c1-93(2)83-53-59(33-39-75(83)77-43-37-67(57-85(77)93)100(89-69-21-9-5-17-63(69)45-49-96-89)90-70-22-10-6-18-64(70)46-50-97-90)29-31-61-35-41-79-80-42-36-62(56-88(80)95(87(79)55-61)81-27-15-13-25-73(81)74-26-14-16-28-82(74)95)32-30-60-34-40-76-78-44-38-68(58-86(78)94(3,4)84(76)54-60)101(91-71-23-11-7-19-65(71)47-51-98-91)92-72-24-12-8-20-66(72)48-52-99-92/h5-58H,1-4H3/b31-29+,32-30+. The third kappa shape index (κ3) is 8.77. The highest BCUT2D eigenvalue weighted by Crippen LogP contribution is 2.63. The van der Waals surface area contributed by atoms with Gasteiger partial charge in [0.25, 0.3) is 0 Å². The van der Waals surface area contributed by atoms with E-state index >= 15 is 0 Å². The maximum Gasteiger partial charge on any atom is 0.146 e. The second kappa shape index (κ2) is 22.2. The molecule has 16 aromatic rings. The summed E-state index contributed by atoms with van der Waals surface area (Å²) in [6.45, 7) is 9.48. The molecular weight excluding hydrogens is 1230 g/mol. The first-order chi connectivity index (χ1) is 49.6. The van der Waals surface area contributed by atoms with Crippen molar-refractivity contribution >= 4 is 102 Å². The van der Waals surface area contributed by atoms with Gasteiger partial charge in [-0.1, -0.05) is 270 Å². The lowest BCUT2D eigenvalue weighted by molar-refractivity contribution is 0.660. The predicted molar refractivity (Wildman–Crippen MR) is 419 cm³/mol. The van der Waals surface area contributed by atoms with Crippen LogP contribution in [0.25, 0.3) is 112 Å². The van der Waals surface area contributed by atoms with Crippen LogP contribution in [0.5, 0.6) is 0 Å². The molecule has 0 aliphatic heterocycles. The van der Waals surface area contributed by atoms with Crippen molar-refractivity contribution in [2.45, 2.75) is 43.9 Å². The predicted octanol–water partition coefficient (Wildman–Crippen LogP) is 24.1. The van der Waals surface area contributed by atoms with Gasteiger partial charge in [0.2, 0.25) is 0 Å². The van der Waals surface area contributed by atoms with Crippen LogP contribution in [0.1, 0.15) is 94.5 Å². The van der Waals surface area contributed by atoms with E-state index in [1.165, 1.54) is 89.0 Å². The van der Waals surface area contributed by atoms with E-state index in [1.54, 1.807) is 0 Å². The van der Waals surface area contributed by atoms with Crippen molar-refractivity contribution < 1.29 is 0 Å². The van der Waals surface area contributed by atoms with Gasteiger partial charge in [0.1, 0.15) is 23.3 Å². The van der Waals surface area contributed by atoms with Crippen LogP contribution < -0.4 is 9.80 Å². The summed E-state index contributed by atoms with van der Waals surface area (Å²) in [6.07, 6.45) is 16.9. The SMILES string of the molecule is CC1(C)c2cc(/C=C/c3ccc4c(c3)C3(c5ccccc5-c5ccccc53)c3cc(/C=C/c5ccc6c(c5)C(C)(C)c5cc(N(c7nccc8ccccc78)c7nccc8ccccc78)ccc5-6)ccc3-4)ccc2-c2ccc(N(c3nccc4ccccc34)c3nccc4ccccc34)cc21. The molecule has 0 unspecified atom stereocenters. The summed E-state index contributed by atoms with van der Waals surface area (Å²) in [6, 6.07) is 103. The fourth-order valence-electron chi connectivity index (χ4n) is 17.6. The summed E-state index contributed by atoms with van der Waals surface area (Å²) in [7, 11) is 0. The Labute approximate surface area is 587 Å². The maximum absolute atomic E-state index is 5.10. The van der Waals surface area contributed by atoms with Crippen LogP contribution in [0, 0.1) is 0 Å². The van der Waals surface area contributed by atoms with Crippen LogP contribution in [-0.2, 0) is 16.2 Å². The molecule has 0 bridgehead atoms. The first-order valence-corrected chi connectivity index (χ1v) is 35.0. The average molecular weight is 1290 g/mol. The molecule has 4 aliphatic carbocycles. The number of benzene rings is 12. The summed E-state index contributed by atoms with van der Waals surface area (Å²) in [4.78, 5) is 24.9. The summed E-state index contributed by atoms with van der Waals surface area (Å²) < 4.78 is 0. The molecule has 0 N–H and O–H groups in total. The number of hydrogen-bond acceptors (Lipinski definition) is 6. The van der Waals surface area contributed by atoms with Crippen molar-refractivity contribution in [3.8, 4) is 44.5 Å². The van der Waals surface area contributed by atoms with Gasteiger partial charge in [-0.2, -0.15) is 0 Å². The zero-order valence-corrected chi connectivity index (χ0v) is 56.4. The van der Waals surface area contributed by atoms with E-state index in [9.17, 15) is 0 Å². The van der Waals surface area contributed by atoms with Crippen LogP contribution >= 0.6 is 0 Å². The van der Waals surface area contributed by atoms with Crippen LogP contribution in [0.3, 0.4) is 0 Å². The molecule has 6 heteroatoms. The van der Waals surface area contributed by atoms with Crippen molar-refractivity contribution in [1.82, 2.24) is 19.9 Å². The van der Waals surface area contributed by atoms with Crippen LogP contribution in [0.15, 0.2) is 304 Å². The molecule has 12 aromatic carbocycles. The highest BCUT2D eigenvalue weighted by Gasteiger charge is 2.52. The van der Waals surface area contributed by atoms with Gasteiger partial charge in [-0.3, -0.25) is 9.80 Å². The minimum absolute atomic E-state index is 0.298. The second-order valence-corrected chi connectivity index (χ2v) is 28.5. The van der Waals surface area contributed by atoms with E-state index < -0.39 is 5.41 Å². The molecule has 6 nitrogen and oxygen atoms in total. The van der Waals surface area contributed by atoms with Gasteiger partial charge < -0.3 is 0 Å². The third-order valence-electron chi connectivity index (χ3n) is 22.4.